The molecule has 3 aromatic carbocycles. The van der Waals surface area contributed by atoms with E-state index in [2.05, 4.69) is 51.6 Å². The highest BCUT2D eigenvalue weighted by atomic mass is 19.4. The number of hydrogen-bond donors (Lipinski definition) is 2. The van der Waals surface area contributed by atoms with Gasteiger partial charge in [0.2, 0.25) is 0 Å². The lowest BCUT2D eigenvalue weighted by atomic mass is 10.00. The van der Waals surface area contributed by atoms with Crippen LogP contribution in [0.25, 0.3) is 0 Å². The van der Waals surface area contributed by atoms with Gasteiger partial charge >= 0.3 is 12.4 Å². The summed E-state index contributed by atoms with van der Waals surface area (Å²) in [6, 6.07) is 22.7. The Morgan fingerprint density at radius 3 is 2.02 bits per heavy atom. The zero-order chi connectivity index (χ0) is 31.6. The van der Waals surface area contributed by atoms with Gasteiger partial charge in [-0.25, -0.2) is 0 Å². The summed E-state index contributed by atoms with van der Waals surface area (Å²) in [6.45, 7) is 8.08. The number of benzene rings is 3. The van der Waals surface area contributed by atoms with Crippen molar-refractivity contribution in [3.05, 3.63) is 107 Å². The van der Waals surface area contributed by atoms with Crippen molar-refractivity contribution < 1.29 is 26.3 Å². The summed E-state index contributed by atoms with van der Waals surface area (Å²) in [5, 5.41) is 7.22. The molecule has 0 aliphatic carbocycles. The van der Waals surface area contributed by atoms with Crippen molar-refractivity contribution in [2.45, 2.75) is 57.2 Å². The van der Waals surface area contributed by atoms with Gasteiger partial charge < -0.3 is 10.6 Å². The molecule has 3 aromatic rings. The van der Waals surface area contributed by atoms with Gasteiger partial charge in [0.1, 0.15) is 0 Å². The summed E-state index contributed by atoms with van der Waals surface area (Å²) in [7, 11) is 0. The lowest BCUT2D eigenvalue weighted by molar-refractivity contribution is -0.143. The van der Waals surface area contributed by atoms with E-state index in [4.69, 9.17) is 0 Å². The molecule has 1 fully saturated rings. The second-order valence-corrected chi connectivity index (χ2v) is 11.4. The molecule has 44 heavy (non-hydrogen) atoms. The second kappa shape index (κ2) is 15.9. The Hall–Kier alpha value is -2.92. The molecule has 0 aromatic heterocycles. The monoisotopic (exact) mass is 620 g/mol. The third kappa shape index (κ3) is 10.3. The smallest absolute Gasteiger partial charge is 0.313 e. The van der Waals surface area contributed by atoms with Crippen LogP contribution in [-0.2, 0) is 25.3 Å². The largest absolute Gasteiger partial charge is 0.416 e. The van der Waals surface area contributed by atoms with Crippen LogP contribution in [-0.4, -0.2) is 61.7 Å². The van der Waals surface area contributed by atoms with E-state index in [1.165, 1.54) is 5.56 Å². The number of alkyl halides is 6. The summed E-state index contributed by atoms with van der Waals surface area (Å²) in [5.74, 6) is 0. The van der Waals surface area contributed by atoms with Crippen molar-refractivity contribution in [1.82, 2.24) is 20.4 Å². The second-order valence-electron chi connectivity index (χ2n) is 11.4. The molecule has 0 spiro atoms. The van der Waals surface area contributed by atoms with Gasteiger partial charge in [-0.1, -0.05) is 67.6 Å². The lowest BCUT2D eigenvalue weighted by Gasteiger charge is -2.42. The topological polar surface area (TPSA) is 30.5 Å². The van der Waals surface area contributed by atoms with Gasteiger partial charge in [-0.2, -0.15) is 26.3 Å². The minimum absolute atomic E-state index is 0.0407. The van der Waals surface area contributed by atoms with Crippen molar-refractivity contribution in [1.29, 1.82) is 0 Å². The molecule has 2 N–H and O–H groups in total. The van der Waals surface area contributed by atoms with Crippen LogP contribution in [0.1, 0.15) is 53.6 Å². The van der Waals surface area contributed by atoms with Crippen molar-refractivity contribution in [2.24, 2.45) is 0 Å². The van der Waals surface area contributed by atoms with E-state index in [1.54, 1.807) is 0 Å². The quantitative estimate of drug-likeness (QED) is 0.148. The number of nitrogens with zero attached hydrogens (tertiary/aromatic N) is 2. The van der Waals surface area contributed by atoms with E-state index in [0.29, 0.717) is 25.7 Å². The molecule has 1 saturated heterocycles. The first-order valence-electron chi connectivity index (χ1n) is 15.3. The van der Waals surface area contributed by atoms with Crippen LogP contribution in [0.5, 0.6) is 0 Å². The predicted molar refractivity (Wildman–Crippen MR) is 162 cm³/mol. The molecule has 240 valence electrons. The van der Waals surface area contributed by atoms with Crippen molar-refractivity contribution in [3.63, 3.8) is 0 Å². The molecule has 4 nitrogen and oxygen atoms in total. The van der Waals surface area contributed by atoms with Crippen molar-refractivity contribution in [2.75, 3.05) is 45.8 Å². The van der Waals surface area contributed by atoms with Crippen LogP contribution in [0.2, 0.25) is 0 Å². The maximum absolute atomic E-state index is 13.3. The minimum atomic E-state index is -4.84. The fraction of sp³-hybridized carbons (Fsp3) is 0.471. The SMILES string of the molecule is CCC(CCNCc1ccccc1)NCCN1CCN(CCc2cc(C(F)(F)F)cc(C(F)(F)F)c2)CC1c1ccccc1. The molecular formula is C34H42F6N4. The first-order valence-corrected chi connectivity index (χ1v) is 15.3. The fourth-order valence-electron chi connectivity index (χ4n) is 5.76. The molecule has 1 heterocycles. The third-order valence-electron chi connectivity index (χ3n) is 8.29. The van der Waals surface area contributed by atoms with Gasteiger partial charge in [0.25, 0.3) is 0 Å². The number of rotatable bonds is 14. The van der Waals surface area contributed by atoms with E-state index in [1.807, 2.05) is 36.4 Å². The first-order chi connectivity index (χ1) is 21.0. The highest BCUT2D eigenvalue weighted by Gasteiger charge is 2.37. The van der Waals surface area contributed by atoms with Crippen LogP contribution < -0.4 is 10.6 Å². The zero-order valence-electron chi connectivity index (χ0n) is 25.1. The van der Waals surface area contributed by atoms with E-state index in [0.717, 1.165) is 63.3 Å². The molecule has 2 unspecified atom stereocenters. The van der Waals surface area contributed by atoms with Crippen molar-refractivity contribution in [3.8, 4) is 0 Å². The molecule has 0 saturated carbocycles. The van der Waals surface area contributed by atoms with Gasteiger partial charge in [0, 0.05) is 57.9 Å². The maximum Gasteiger partial charge on any atom is 0.416 e. The van der Waals surface area contributed by atoms with E-state index < -0.39 is 23.5 Å². The van der Waals surface area contributed by atoms with Gasteiger partial charge in [0.05, 0.1) is 11.1 Å². The maximum atomic E-state index is 13.3. The Morgan fingerprint density at radius 2 is 1.41 bits per heavy atom. The highest BCUT2D eigenvalue weighted by molar-refractivity contribution is 5.34. The number of piperazine rings is 1. The van der Waals surface area contributed by atoms with E-state index in [9.17, 15) is 26.3 Å². The Balaban J connectivity index is 1.32. The normalized spacial score (nSPS) is 17.6. The highest BCUT2D eigenvalue weighted by Crippen LogP contribution is 2.36. The number of hydrogen-bond acceptors (Lipinski definition) is 4. The van der Waals surface area contributed by atoms with Gasteiger partial charge in [-0.3, -0.25) is 9.80 Å². The van der Waals surface area contributed by atoms with Crippen LogP contribution in [0.4, 0.5) is 26.3 Å². The van der Waals surface area contributed by atoms with Crippen LogP contribution >= 0.6 is 0 Å². The molecule has 0 amide bonds. The summed E-state index contributed by atoms with van der Waals surface area (Å²) >= 11 is 0. The summed E-state index contributed by atoms with van der Waals surface area (Å²) in [5.41, 5.74) is -0.0782. The average Bonchev–Trinajstić information content (AvgIpc) is 3.01. The Labute approximate surface area is 256 Å². The Bertz CT molecular complexity index is 1230. The molecule has 1 aliphatic rings. The molecule has 0 bridgehead atoms. The molecule has 4 rings (SSSR count). The van der Waals surface area contributed by atoms with Crippen LogP contribution in [0.15, 0.2) is 78.9 Å². The number of halogens is 6. The van der Waals surface area contributed by atoms with E-state index >= 15 is 0 Å². The Morgan fingerprint density at radius 1 is 0.773 bits per heavy atom. The molecular weight excluding hydrogens is 578 g/mol. The molecule has 0 radical (unpaired) electrons. The van der Waals surface area contributed by atoms with Gasteiger partial charge in [0.15, 0.2) is 0 Å². The standard InChI is InChI=1S/C34H42F6N4/c1-2-31(13-15-41-24-26-9-5-3-6-10-26)42-16-18-44-20-19-43(25-32(44)28-11-7-4-8-12-28)17-14-27-21-29(33(35,36)37)23-30(22-27)34(38,39)40/h3-12,21-23,31-32,41-42H,2,13-20,24-25H2,1H3. The molecule has 10 heteroatoms. The summed E-state index contributed by atoms with van der Waals surface area (Å²) < 4.78 is 80.0. The van der Waals surface area contributed by atoms with E-state index in [-0.39, 0.29) is 24.1 Å². The van der Waals surface area contributed by atoms with Crippen LogP contribution in [0, 0.1) is 0 Å². The van der Waals surface area contributed by atoms with Gasteiger partial charge in [-0.15, -0.1) is 0 Å². The number of nitrogens with one attached hydrogen (secondary N) is 2. The van der Waals surface area contributed by atoms with Crippen LogP contribution in [0.3, 0.4) is 0 Å². The van der Waals surface area contributed by atoms with Crippen molar-refractivity contribution >= 4 is 0 Å². The van der Waals surface area contributed by atoms with Gasteiger partial charge in [-0.05, 0) is 60.7 Å². The minimum Gasteiger partial charge on any atom is -0.313 e. The fourth-order valence-corrected chi connectivity index (χ4v) is 5.76. The Kier molecular flexibility index (Phi) is 12.3. The summed E-state index contributed by atoms with van der Waals surface area (Å²) in [4.78, 5) is 4.56. The first kappa shape index (κ1) is 34.0. The summed E-state index contributed by atoms with van der Waals surface area (Å²) in [6.07, 6.45) is -7.54. The lowest BCUT2D eigenvalue weighted by Crippen LogP contribution is -2.51. The average molecular weight is 621 g/mol. The zero-order valence-corrected chi connectivity index (χ0v) is 25.1. The molecule has 2 atom stereocenters. The third-order valence-corrected chi connectivity index (χ3v) is 8.29. The predicted octanol–water partition coefficient (Wildman–Crippen LogP) is 7.17. The molecule has 1 aliphatic heterocycles.